The first-order valence-electron chi connectivity index (χ1n) is 9.30. The number of aromatic nitrogens is 2. The second kappa shape index (κ2) is 8.62. The molecule has 6 nitrogen and oxygen atoms in total. The fraction of sp³-hybridized carbons (Fsp3) is 0.0909. The summed E-state index contributed by atoms with van der Waals surface area (Å²) in [5, 5.41) is 12.6. The molecule has 0 unspecified atom stereocenters. The summed E-state index contributed by atoms with van der Waals surface area (Å²) in [5.74, 6) is -2.39. The Morgan fingerprint density at radius 1 is 1.21 bits per heavy atom. The van der Waals surface area contributed by atoms with Crippen molar-refractivity contribution in [1.82, 2.24) is 10.1 Å². The predicted octanol–water partition coefficient (Wildman–Crippen LogP) is 6.43. The SMILES string of the molecule is O=C(O)c1ccc(OCc2c(-c3c(Cl)cccc3C(F)(F)F)noc2-c2cc[nH]c2)cc1F. The molecule has 0 saturated heterocycles. The number of benzene rings is 2. The monoisotopic (exact) mass is 480 g/mol. The maximum absolute atomic E-state index is 14.0. The summed E-state index contributed by atoms with van der Waals surface area (Å²) in [6.45, 7) is -0.367. The smallest absolute Gasteiger partial charge is 0.417 e. The number of rotatable bonds is 6. The summed E-state index contributed by atoms with van der Waals surface area (Å²) >= 11 is 6.13. The Balaban J connectivity index is 1.79. The molecule has 0 atom stereocenters. The number of nitrogens with zero attached hydrogens (tertiary/aromatic N) is 1. The van der Waals surface area contributed by atoms with Crippen LogP contribution < -0.4 is 4.74 Å². The molecule has 0 aliphatic carbocycles. The molecule has 0 bridgehead atoms. The van der Waals surface area contributed by atoms with Gasteiger partial charge >= 0.3 is 12.1 Å². The minimum absolute atomic E-state index is 0.0418. The fourth-order valence-electron chi connectivity index (χ4n) is 3.25. The van der Waals surface area contributed by atoms with Gasteiger partial charge in [0, 0.05) is 29.6 Å². The molecule has 0 aliphatic heterocycles. The fourth-order valence-corrected chi connectivity index (χ4v) is 3.51. The molecule has 33 heavy (non-hydrogen) atoms. The molecule has 0 radical (unpaired) electrons. The summed E-state index contributed by atoms with van der Waals surface area (Å²) in [6, 6.07) is 8.06. The van der Waals surface area contributed by atoms with Crippen LogP contribution in [0.25, 0.3) is 22.6 Å². The molecule has 11 heteroatoms. The van der Waals surface area contributed by atoms with Crippen LogP contribution in [0.5, 0.6) is 5.75 Å². The van der Waals surface area contributed by atoms with E-state index < -0.39 is 29.1 Å². The maximum atomic E-state index is 14.0. The predicted molar refractivity (Wildman–Crippen MR) is 109 cm³/mol. The highest BCUT2D eigenvalue weighted by molar-refractivity contribution is 6.33. The Kier molecular flexibility index (Phi) is 5.86. The molecule has 170 valence electrons. The number of carboxylic acid groups (broad SMARTS) is 1. The molecular formula is C22H13ClF4N2O4. The third kappa shape index (κ3) is 4.42. The molecule has 2 N–H and O–H groups in total. The molecule has 0 aliphatic rings. The van der Waals surface area contributed by atoms with Crippen LogP contribution >= 0.6 is 11.6 Å². The van der Waals surface area contributed by atoms with Gasteiger partial charge in [-0.15, -0.1) is 0 Å². The van der Waals surface area contributed by atoms with Crippen molar-refractivity contribution in [2.24, 2.45) is 0 Å². The van der Waals surface area contributed by atoms with Crippen molar-refractivity contribution in [3.63, 3.8) is 0 Å². The molecule has 4 aromatic rings. The molecule has 2 aromatic heterocycles. The molecule has 0 amide bonds. The summed E-state index contributed by atoms with van der Waals surface area (Å²) in [4.78, 5) is 13.8. The van der Waals surface area contributed by atoms with Crippen LogP contribution in [0.4, 0.5) is 17.6 Å². The maximum Gasteiger partial charge on any atom is 0.417 e. The minimum atomic E-state index is -4.72. The zero-order valence-electron chi connectivity index (χ0n) is 16.4. The standard InChI is InChI=1S/C22H13ClF4N2O4/c23-16-3-1-2-15(22(25,26)27)18(16)19-14(20(33-29-19)11-6-7-28-9-11)10-32-12-4-5-13(21(30)31)17(24)8-12/h1-9,28H,10H2,(H,30,31). The number of ether oxygens (including phenoxy) is 1. The van der Waals surface area contributed by atoms with Crippen LogP contribution in [0.3, 0.4) is 0 Å². The van der Waals surface area contributed by atoms with E-state index in [1.807, 2.05) is 0 Å². The first-order valence-corrected chi connectivity index (χ1v) is 9.68. The second-order valence-corrected chi connectivity index (χ2v) is 7.24. The largest absolute Gasteiger partial charge is 0.489 e. The van der Waals surface area contributed by atoms with E-state index >= 15 is 0 Å². The number of hydrogen-bond acceptors (Lipinski definition) is 4. The van der Waals surface area contributed by atoms with Crippen molar-refractivity contribution in [2.75, 3.05) is 0 Å². The number of halogens is 5. The van der Waals surface area contributed by atoms with E-state index in [4.69, 9.17) is 26.0 Å². The second-order valence-electron chi connectivity index (χ2n) is 6.83. The Morgan fingerprint density at radius 3 is 2.64 bits per heavy atom. The summed E-state index contributed by atoms with van der Waals surface area (Å²) < 4.78 is 66.0. The first kappa shape index (κ1) is 22.4. The third-order valence-electron chi connectivity index (χ3n) is 4.76. The molecule has 0 fully saturated rings. The summed E-state index contributed by atoms with van der Waals surface area (Å²) in [5.41, 5.74) is -1.51. The number of carboxylic acids is 1. The Hall–Kier alpha value is -3.79. The van der Waals surface area contributed by atoms with Crippen LogP contribution in [0.1, 0.15) is 21.5 Å². The minimum Gasteiger partial charge on any atom is -0.489 e. The third-order valence-corrected chi connectivity index (χ3v) is 5.07. The van der Waals surface area contributed by atoms with Crippen molar-refractivity contribution in [3.8, 4) is 28.3 Å². The van der Waals surface area contributed by atoms with Crippen LogP contribution in [-0.2, 0) is 12.8 Å². The lowest BCUT2D eigenvalue weighted by Crippen LogP contribution is -2.09. The van der Waals surface area contributed by atoms with E-state index in [9.17, 15) is 22.4 Å². The van der Waals surface area contributed by atoms with Crippen molar-refractivity contribution in [2.45, 2.75) is 12.8 Å². The lowest BCUT2D eigenvalue weighted by atomic mass is 9.99. The first-order chi connectivity index (χ1) is 15.7. The van der Waals surface area contributed by atoms with Crippen molar-refractivity contribution in [1.29, 1.82) is 0 Å². The van der Waals surface area contributed by atoms with Gasteiger partial charge in [-0.05, 0) is 30.3 Å². The Morgan fingerprint density at radius 2 is 2.00 bits per heavy atom. The highest BCUT2D eigenvalue weighted by Gasteiger charge is 2.37. The lowest BCUT2D eigenvalue weighted by Gasteiger charge is -2.14. The summed E-state index contributed by atoms with van der Waals surface area (Å²) in [7, 11) is 0. The molecule has 4 rings (SSSR count). The van der Waals surface area contributed by atoms with E-state index in [0.29, 0.717) is 5.56 Å². The Bertz CT molecular complexity index is 1320. The highest BCUT2D eigenvalue weighted by atomic mass is 35.5. The van der Waals surface area contributed by atoms with E-state index in [0.717, 1.165) is 18.2 Å². The van der Waals surface area contributed by atoms with Gasteiger partial charge in [-0.1, -0.05) is 22.8 Å². The lowest BCUT2D eigenvalue weighted by molar-refractivity contribution is -0.137. The van der Waals surface area contributed by atoms with Gasteiger partial charge in [-0.25, -0.2) is 9.18 Å². The zero-order chi connectivity index (χ0) is 23.8. The zero-order valence-corrected chi connectivity index (χ0v) is 17.2. The van der Waals surface area contributed by atoms with Gasteiger partial charge in [-0.3, -0.25) is 0 Å². The van der Waals surface area contributed by atoms with Crippen LogP contribution in [-0.4, -0.2) is 21.2 Å². The van der Waals surface area contributed by atoms with E-state index in [1.165, 1.54) is 18.2 Å². The number of alkyl halides is 3. The van der Waals surface area contributed by atoms with Gasteiger partial charge in [0.1, 0.15) is 23.9 Å². The number of aromatic carboxylic acids is 1. The van der Waals surface area contributed by atoms with E-state index in [1.54, 1.807) is 18.5 Å². The number of hydrogen-bond donors (Lipinski definition) is 2. The van der Waals surface area contributed by atoms with Gasteiger partial charge in [0.25, 0.3) is 0 Å². The van der Waals surface area contributed by atoms with Gasteiger partial charge < -0.3 is 19.4 Å². The van der Waals surface area contributed by atoms with E-state index in [-0.39, 0.29) is 40.0 Å². The van der Waals surface area contributed by atoms with Gasteiger partial charge in [0.2, 0.25) is 0 Å². The van der Waals surface area contributed by atoms with Crippen LogP contribution in [0, 0.1) is 5.82 Å². The number of carbonyl (C=O) groups is 1. The van der Waals surface area contributed by atoms with Crippen LogP contribution in [0.2, 0.25) is 5.02 Å². The number of aromatic amines is 1. The highest BCUT2D eigenvalue weighted by Crippen LogP contribution is 2.43. The number of H-pyrrole nitrogens is 1. The van der Waals surface area contributed by atoms with Gasteiger partial charge in [-0.2, -0.15) is 13.2 Å². The normalized spacial score (nSPS) is 11.5. The molecule has 0 saturated carbocycles. The van der Waals surface area contributed by atoms with Crippen molar-refractivity contribution < 1.29 is 36.7 Å². The van der Waals surface area contributed by atoms with E-state index in [2.05, 4.69) is 10.1 Å². The molecular weight excluding hydrogens is 468 g/mol. The molecule has 2 aromatic carbocycles. The number of nitrogens with one attached hydrogen (secondary N) is 1. The average molecular weight is 481 g/mol. The molecule has 0 spiro atoms. The van der Waals surface area contributed by atoms with Gasteiger partial charge in [0.05, 0.1) is 21.7 Å². The summed E-state index contributed by atoms with van der Waals surface area (Å²) in [6.07, 6.45) is -1.59. The van der Waals surface area contributed by atoms with Crippen molar-refractivity contribution >= 4 is 17.6 Å². The molecule has 2 heterocycles. The Labute approximate surface area is 188 Å². The van der Waals surface area contributed by atoms with Crippen molar-refractivity contribution in [3.05, 3.63) is 82.4 Å². The van der Waals surface area contributed by atoms with Gasteiger partial charge in [0.15, 0.2) is 5.76 Å². The van der Waals surface area contributed by atoms with Crippen LogP contribution in [0.15, 0.2) is 59.4 Å². The average Bonchev–Trinajstić information content (AvgIpc) is 3.41. The quantitative estimate of drug-likeness (QED) is 0.311. The topological polar surface area (TPSA) is 88.3 Å².